The standard InChI is InChI=1S/C17H17NO2S/c1-12-6-8-13(9-7-12)16-11-18(17(19)21)10-14-4-2-3-5-15(14)20-16/h2-9,16H,10-11H2,1H3,(H,19,21). The van der Waals surface area contributed by atoms with Crippen LogP contribution in [0, 0.1) is 6.92 Å². The number of ether oxygens (including phenoxy) is 1. The molecule has 21 heavy (non-hydrogen) atoms. The average molecular weight is 299 g/mol. The second-order valence-corrected chi connectivity index (χ2v) is 5.67. The Labute approximate surface area is 129 Å². The van der Waals surface area contributed by atoms with Crippen LogP contribution < -0.4 is 4.74 Å². The Morgan fingerprint density at radius 2 is 1.90 bits per heavy atom. The number of aryl methyl sites for hydroxylation is 1. The maximum atomic E-state index is 11.7. The van der Waals surface area contributed by atoms with Gasteiger partial charge >= 0.3 is 0 Å². The highest BCUT2D eigenvalue weighted by Gasteiger charge is 2.25. The number of benzene rings is 2. The largest absolute Gasteiger partial charge is 0.484 e. The van der Waals surface area contributed by atoms with Gasteiger partial charge < -0.3 is 9.64 Å². The van der Waals surface area contributed by atoms with Gasteiger partial charge in [0.25, 0.3) is 5.24 Å². The molecule has 3 rings (SSSR count). The minimum absolute atomic E-state index is 0.176. The Kier molecular flexibility index (Phi) is 3.88. The maximum Gasteiger partial charge on any atom is 0.279 e. The first-order chi connectivity index (χ1) is 10.1. The summed E-state index contributed by atoms with van der Waals surface area (Å²) in [5.41, 5.74) is 3.28. The lowest BCUT2D eigenvalue weighted by Gasteiger charge is -2.22. The molecule has 0 saturated carbocycles. The van der Waals surface area contributed by atoms with Gasteiger partial charge in [-0.05, 0) is 18.6 Å². The van der Waals surface area contributed by atoms with Crippen LogP contribution in [0.2, 0.25) is 0 Å². The smallest absolute Gasteiger partial charge is 0.279 e. The summed E-state index contributed by atoms with van der Waals surface area (Å²) in [6.07, 6.45) is -0.176. The summed E-state index contributed by atoms with van der Waals surface area (Å²) < 4.78 is 6.14. The number of carbonyl (C=O) groups excluding carboxylic acids is 1. The third-order valence-corrected chi connectivity index (χ3v) is 3.99. The SMILES string of the molecule is Cc1ccc(C2CN(C(=O)S)Cc3ccccc3O2)cc1. The molecule has 0 radical (unpaired) electrons. The van der Waals surface area contributed by atoms with E-state index in [1.165, 1.54) is 5.56 Å². The van der Waals surface area contributed by atoms with Crippen LogP contribution in [-0.2, 0) is 6.54 Å². The molecule has 0 aliphatic carbocycles. The fraction of sp³-hybridized carbons (Fsp3) is 0.235. The number of amides is 1. The molecule has 0 spiro atoms. The van der Waals surface area contributed by atoms with Crippen molar-refractivity contribution >= 4 is 17.9 Å². The van der Waals surface area contributed by atoms with Crippen LogP contribution in [-0.4, -0.2) is 16.7 Å². The number of fused-ring (bicyclic) bond motifs is 1. The fourth-order valence-electron chi connectivity index (χ4n) is 2.51. The molecule has 3 nitrogen and oxygen atoms in total. The molecule has 0 N–H and O–H groups in total. The predicted molar refractivity (Wildman–Crippen MR) is 85.8 cm³/mol. The Balaban J connectivity index is 1.97. The zero-order valence-electron chi connectivity index (χ0n) is 11.8. The zero-order valence-corrected chi connectivity index (χ0v) is 12.7. The quantitative estimate of drug-likeness (QED) is 0.807. The van der Waals surface area contributed by atoms with Crippen molar-refractivity contribution in [2.75, 3.05) is 6.54 Å². The van der Waals surface area contributed by atoms with Crippen molar-refractivity contribution in [3.8, 4) is 5.75 Å². The molecule has 2 aromatic carbocycles. The van der Waals surface area contributed by atoms with Crippen molar-refractivity contribution in [2.24, 2.45) is 0 Å². The third kappa shape index (κ3) is 3.05. The van der Waals surface area contributed by atoms with Crippen LogP contribution in [0.25, 0.3) is 0 Å². The highest BCUT2D eigenvalue weighted by atomic mass is 32.1. The summed E-state index contributed by atoms with van der Waals surface area (Å²) in [4.78, 5) is 13.4. The highest BCUT2D eigenvalue weighted by Crippen LogP contribution is 2.31. The van der Waals surface area contributed by atoms with Crippen LogP contribution >= 0.6 is 12.6 Å². The molecule has 1 aliphatic heterocycles. The van der Waals surface area contributed by atoms with Crippen LogP contribution in [0.5, 0.6) is 5.75 Å². The lowest BCUT2D eigenvalue weighted by atomic mass is 10.1. The molecule has 1 heterocycles. The summed E-state index contributed by atoms with van der Waals surface area (Å²) in [7, 11) is 0. The van der Waals surface area contributed by atoms with E-state index in [1.54, 1.807) is 4.90 Å². The fourth-order valence-corrected chi connectivity index (χ4v) is 2.66. The lowest BCUT2D eigenvalue weighted by Crippen LogP contribution is -2.30. The molecule has 0 bridgehead atoms. The van der Waals surface area contributed by atoms with Gasteiger partial charge in [-0.3, -0.25) is 4.79 Å². The summed E-state index contributed by atoms with van der Waals surface area (Å²) >= 11 is 3.98. The Morgan fingerprint density at radius 1 is 1.19 bits per heavy atom. The molecule has 1 amide bonds. The van der Waals surface area contributed by atoms with E-state index in [4.69, 9.17) is 4.74 Å². The monoisotopic (exact) mass is 299 g/mol. The van der Waals surface area contributed by atoms with Crippen molar-refractivity contribution in [3.63, 3.8) is 0 Å². The van der Waals surface area contributed by atoms with E-state index in [-0.39, 0.29) is 11.3 Å². The minimum Gasteiger partial charge on any atom is -0.484 e. The van der Waals surface area contributed by atoms with Gasteiger partial charge in [-0.25, -0.2) is 0 Å². The van der Waals surface area contributed by atoms with Gasteiger partial charge in [-0.2, -0.15) is 0 Å². The summed E-state index contributed by atoms with van der Waals surface area (Å²) in [6.45, 7) is 3.08. The Hall–Kier alpha value is -1.94. The van der Waals surface area contributed by atoms with E-state index in [1.807, 2.05) is 24.3 Å². The van der Waals surface area contributed by atoms with E-state index >= 15 is 0 Å². The molecule has 0 saturated heterocycles. The van der Waals surface area contributed by atoms with E-state index in [0.717, 1.165) is 16.9 Å². The van der Waals surface area contributed by atoms with Crippen LogP contribution in [0.15, 0.2) is 48.5 Å². The van der Waals surface area contributed by atoms with Gasteiger partial charge in [0.1, 0.15) is 11.9 Å². The summed E-state index contributed by atoms with van der Waals surface area (Å²) in [5.74, 6) is 0.833. The van der Waals surface area contributed by atoms with Crippen molar-refractivity contribution in [1.82, 2.24) is 4.90 Å². The average Bonchev–Trinajstić information content (AvgIpc) is 2.67. The lowest BCUT2D eigenvalue weighted by molar-refractivity contribution is 0.162. The van der Waals surface area contributed by atoms with Gasteiger partial charge in [-0.1, -0.05) is 60.7 Å². The number of hydrogen-bond acceptors (Lipinski definition) is 2. The first-order valence-corrected chi connectivity index (χ1v) is 7.37. The predicted octanol–water partition coefficient (Wildman–Crippen LogP) is 3.98. The van der Waals surface area contributed by atoms with Crippen molar-refractivity contribution in [2.45, 2.75) is 19.6 Å². The molecule has 0 fully saturated rings. The van der Waals surface area contributed by atoms with Crippen molar-refractivity contribution in [3.05, 3.63) is 65.2 Å². The summed E-state index contributed by atoms with van der Waals surface area (Å²) in [6, 6.07) is 16.0. The van der Waals surface area contributed by atoms with Crippen LogP contribution in [0.1, 0.15) is 22.8 Å². The van der Waals surface area contributed by atoms with Gasteiger partial charge in [0.15, 0.2) is 0 Å². The van der Waals surface area contributed by atoms with E-state index in [2.05, 4.69) is 43.8 Å². The molecule has 108 valence electrons. The second-order valence-electron chi connectivity index (χ2n) is 5.29. The number of thiol groups is 1. The van der Waals surface area contributed by atoms with Crippen molar-refractivity contribution in [1.29, 1.82) is 0 Å². The molecule has 1 unspecified atom stereocenters. The summed E-state index contributed by atoms with van der Waals surface area (Å²) in [5, 5.41) is -0.229. The number of rotatable bonds is 1. The van der Waals surface area contributed by atoms with Gasteiger partial charge in [0, 0.05) is 5.56 Å². The molecule has 2 aromatic rings. The van der Waals surface area contributed by atoms with E-state index in [9.17, 15) is 4.79 Å². The third-order valence-electron chi connectivity index (χ3n) is 3.71. The minimum atomic E-state index is -0.229. The first kappa shape index (κ1) is 14.0. The maximum absolute atomic E-state index is 11.7. The Bertz CT molecular complexity index is 654. The van der Waals surface area contributed by atoms with Gasteiger partial charge in [0.2, 0.25) is 0 Å². The van der Waals surface area contributed by atoms with Gasteiger partial charge in [-0.15, -0.1) is 0 Å². The number of nitrogens with zero attached hydrogens (tertiary/aromatic N) is 1. The van der Waals surface area contributed by atoms with E-state index < -0.39 is 0 Å². The first-order valence-electron chi connectivity index (χ1n) is 6.92. The van der Waals surface area contributed by atoms with Gasteiger partial charge in [0.05, 0.1) is 13.1 Å². The topological polar surface area (TPSA) is 29.5 Å². The zero-order chi connectivity index (χ0) is 14.8. The second kappa shape index (κ2) is 5.82. The molecule has 4 heteroatoms. The number of para-hydroxylation sites is 1. The van der Waals surface area contributed by atoms with Crippen LogP contribution in [0.3, 0.4) is 0 Å². The highest BCUT2D eigenvalue weighted by molar-refractivity contribution is 7.96. The molecular weight excluding hydrogens is 282 g/mol. The number of hydrogen-bond donors (Lipinski definition) is 1. The number of carbonyl (C=O) groups is 1. The normalized spacial score (nSPS) is 17.6. The molecule has 0 aromatic heterocycles. The van der Waals surface area contributed by atoms with E-state index in [0.29, 0.717) is 13.1 Å². The van der Waals surface area contributed by atoms with Crippen LogP contribution in [0.4, 0.5) is 4.79 Å². The van der Waals surface area contributed by atoms with Crippen molar-refractivity contribution < 1.29 is 9.53 Å². The molecule has 1 aliphatic rings. The Morgan fingerprint density at radius 3 is 2.62 bits per heavy atom. The molecular formula is C17H17NO2S. The molecule has 1 atom stereocenters.